The van der Waals surface area contributed by atoms with Crippen molar-refractivity contribution < 1.29 is 4.79 Å². The Morgan fingerprint density at radius 3 is 2.50 bits per heavy atom. The maximum atomic E-state index is 12.8. The molecule has 0 aliphatic rings. The number of nitrogens with zero attached hydrogens (tertiary/aromatic N) is 2. The van der Waals surface area contributed by atoms with Gasteiger partial charge in [0, 0.05) is 23.5 Å². The minimum Gasteiger partial charge on any atom is -0.354 e. The van der Waals surface area contributed by atoms with Crippen LogP contribution < -0.4 is 10.6 Å². The highest BCUT2D eigenvalue weighted by Crippen LogP contribution is 2.23. The number of para-hydroxylation sites is 1. The number of fused-ring (bicyclic) bond motifs is 1. The van der Waals surface area contributed by atoms with Crippen molar-refractivity contribution in [2.45, 2.75) is 13.8 Å². The van der Waals surface area contributed by atoms with E-state index in [2.05, 4.69) is 52.6 Å². The van der Waals surface area contributed by atoms with Gasteiger partial charge in [-0.15, -0.1) is 0 Å². The molecule has 0 atom stereocenters. The quantitative estimate of drug-likeness (QED) is 0.517. The first kappa shape index (κ1) is 17.7. The summed E-state index contributed by atoms with van der Waals surface area (Å²) in [7, 11) is 0. The number of anilines is 3. The normalized spacial score (nSPS) is 10.6. The highest BCUT2D eigenvalue weighted by atomic mass is 16.1. The molecule has 0 radical (unpaired) electrons. The van der Waals surface area contributed by atoms with Crippen molar-refractivity contribution in [1.29, 1.82) is 0 Å². The molecule has 0 aliphatic heterocycles. The number of hydrogen-bond acceptors (Lipinski definition) is 4. The molecular formula is C23H20N4O. The zero-order chi connectivity index (χ0) is 19.5. The van der Waals surface area contributed by atoms with Gasteiger partial charge in [-0.1, -0.05) is 24.3 Å². The molecule has 5 nitrogen and oxygen atoms in total. The van der Waals surface area contributed by atoms with Gasteiger partial charge in [0.25, 0.3) is 5.91 Å². The van der Waals surface area contributed by atoms with Gasteiger partial charge in [-0.25, -0.2) is 0 Å². The zero-order valence-corrected chi connectivity index (χ0v) is 15.7. The number of rotatable bonds is 4. The molecule has 2 aromatic heterocycles. The van der Waals surface area contributed by atoms with E-state index in [0.29, 0.717) is 11.3 Å². The van der Waals surface area contributed by atoms with Crippen LogP contribution >= 0.6 is 0 Å². The molecule has 0 saturated heterocycles. The van der Waals surface area contributed by atoms with E-state index in [-0.39, 0.29) is 5.91 Å². The third kappa shape index (κ3) is 3.83. The number of carbonyl (C=O) groups is 1. The number of amides is 1. The summed E-state index contributed by atoms with van der Waals surface area (Å²) in [6.45, 7) is 4.11. The monoisotopic (exact) mass is 368 g/mol. The van der Waals surface area contributed by atoms with Crippen LogP contribution in [0.5, 0.6) is 0 Å². The summed E-state index contributed by atoms with van der Waals surface area (Å²) in [5.41, 5.74) is 5.98. The van der Waals surface area contributed by atoms with Crippen LogP contribution in [0.3, 0.4) is 0 Å². The molecule has 0 spiro atoms. The lowest BCUT2D eigenvalue weighted by atomic mass is 10.1. The van der Waals surface area contributed by atoms with E-state index in [1.807, 2.05) is 30.3 Å². The Morgan fingerprint density at radius 2 is 1.68 bits per heavy atom. The Bertz CT molecular complexity index is 1140. The molecule has 1 amide bonds. The van der Waals surface area contributed by atoms with Crippen LogP contribution in [-0.2, 0) is 0 Å². The van der Waals surface area contributed by atoms with E-state index in [9.17, 15) is 4.79 Å². The number of nitrogens with one attached hydrogen (secondary N) is 2. The molecule has 2 heterocycles. The number of pyridine rings is 2. The lowest BCUT2D eigenvalue weighted by molar-refractivity contribution is 0.102. The van der Waals surface area contributed by atoms with Gasteiger partial charge in [0.2, 0.25) is 0 Å². The number of carbonyl (C=O) groups excluding carboxylic acids is 1. The summed E-state index contributed by atoms with van der Waals surface area (Å²) in [5, 5.41) is 7.24. The fourth-order valence-electron chi connectivity index (χ4n) is 3.25. The van der Waals surface area contributed by atoms with Crippen molar-refractivity contribution in [2.75, 3.05) is 10.6 Å². The maximum Gasteiger partial charge on any atom is 0.257 e. The van der Waals surface area contributed by atoms with Crippen molar-refractivity contribution in [1.82, 2.24) is 9.97 Å². The van der Waals surface area contributed by atoms with Crippen molar-refractivity contribution in [2.24, 2.45) is 0 Å². The highest BCUT2D eigenvalue weighted by Gasteiger charge is 2.10. The molecule has 0 unspecified atom stereocenters. The Balaban J connectivity index is 1.57. The fraction of sp³-hybridized carbons (Fsp3) is 0.0870. The molecule has 2 aromatic carbocycles. The summed E-state index contributed by atoms with van der Waals surface area (Å²) < 4.78 is 0. The fourth-order valence-corrected chi connectivity index (χ4v) is 3.25. The third-order valence-corrected chi connectivity index (χ3v) is 4.39. The minimum absolute atomic E-state index is 0.227. The predicted octanol–water partition coefficient (Wildman–Crippen LogP) is 5.24. The van der Waals surface area contributed by atoms with Gasteiger partial charge in [0.15, 0.2) is 0 Å². The van der Waals surface area contributed by atoms with E-state index < -0.39 is 0 Å². The third-order valence-electron chi connectivity index (χ3n) is 4.39. The first-order valence-electron chi connectivity index (χ1n) is 9.04. The Hall–Kier alpha value is -3.73. The molecule has 4 rings (SSSR count). The molecule has 5 heteroatoms. The summed E-state index contributed by atoms with van der Waals surface area (Å²) in [6, 6.07) is 17.6. The Kier molecular flexibility index (Phi) is 4.72. The topological polar surface area (TPSA) is 66.9 Å². The summed E-state index contributed by atoms with van der Waals surface area (Å²) in [4.78, 5) is 21.4. The number of aromatic nitrogens is 2. The SMILES string of the molecule is Cc1cc(C)cc(Nc2cncc(C(=O)Nc3cccc4cccnc34)c2)c1. The van der Waals surface area contributed by atoms with E-state index >= 15 is 0 Å². The smallest absolute Gasteiger partial charge is 0.257 e. The van der Waals surface area contributed by atoms with E-state index in [0.717, 1.165) is 22.3 Å². The lowest BCUT2D eigenvalue weighted by Crippen LogP contribution is -2.13. The van der Waals surface area contributed by atoms with Gasteiger partial charge in [-0.05, 0) is 55.3 Å². The zero-order valence-electron chi connectivity index (χ0n) is 15.7. The van der Waals surface area contributed by atoms with Crippen LogP contribution in [0.4, 0.5) is 17.1 Å². The van der Waals surface area contributed by atoms with Crippen LogP contribution in [-0.4, -0.2) is 15.9 Å². The van der Waals surface area contributed by atoms with E-state index in [1.54, 1.807) is 24.7 Å². The lowest BCUT2D eigenvalue weighted by Gasteiger charge is -2.11. The Labute approximate surface area is 163 Å². The van der Waals surface area contributed by atoms with Gasteiger partial charge in [0.1, 0.15) is 0 Å². The second-order valence-electron chi connectivity index (χ2n) is 6.80. The first-order valence-corrected chi connectivity index (χ1v) is 9.04. The second kappa shape index (κ2) is 7.48. The molecule has 2 N–H and O–H groups in total. The van der Waals surface area contributed by atoms with Crippen LogP contribution in [0.2, 0.25) is 0 Å². The first-order chi connectivity index (χ1) is 13.6. The molecule has 4 aromatic rings. The molecule has 0 fully saturated rings. The number of hydrogen-bond donors (Lipinski definition) is 2. The Morgan fingerprint density at radius 1 is 0.893 bits per heavy atom. The van der Waals surface area contributed by atoms with Crippen LogP contribution in [0.15, 0.2) is 73.2 Å². The molecule has 0 bridgehead atoms. The van der Waals surface area contributed by atoms with Gasteiger partial charge in [-0.2, -0.15) is 0 Å². The molecule has 0 aliphatic carbocycles. The number of benzene rings is 2. The van der Waals surface area contributed by atoms with Gasteiger partial charge in [0.05, 0.1) is 28.7 Å². The molecule has 138 valence electrons. The van der Waals surface area contributed by atoms with E-state index in [1.165, 1.54) is 11.1 Å². The number of aryl methyl sites for hydroxylation is 2. The highest BCUT2D eigenvalue weighted by molar-refractivity contribution is 6.08. The maximum absolute atomic E-state index is 12.8. The summed E-state index contributed by atoms with van der Waals surface area (Å²) in [6.07, 6.45) is 4.97. The molecule has 28 heavy (non-hydrogen) atoms. The largest absolute Gasteiger partial charge is 0.354 e. The average molecular weight is 368 g/mol. The molecule has 0 saturated carbocycles. The van der Waals surface area contributed by atoms with Crippen LogP contribution in [0.1, 0.15) is 21.5 Å². The van der Waals surface area contributed by atoms with Gasteiger partial charge >= 0.3 is 0 Å². The van der Waals surface area contributed by atoms with Crippen molar-refractivity contribution in [3.8, 4) is 0 Å². The average Bonchev–Trinajstić information content (AvgIpc) is 2.68. The predicted molar refractivity (Wildman–Crippen MR) is 113 cm³/mol. The van der Waals surface area contributed by atoms with Crippen LogP contribution in [0.25, 0.3) is 10.9 Å². The standard InChI is InChI=1S/C23H20N4O/c1-15-9-16(2)11-19(10-15)26-20-12-18(13-24-14-20)23(28)27-21-7-3-5-17-6-4-8-25-22(17)21/h3-14,26H,1-2H3,(H,27,28). The van der Waals surface area contributed by atoms with Crippen molar-refractivity contribution in [3.05, 3.63) is 89.9 Å². The second-order valence-corrected chi connectivity index (χ2v) is 6.80. The summed E-state index contributed by atoms with van der Waals surface area (Å²) >= 11 is 0. The van der Waals surface area contributed by atoms with Crippen molar-refractivity contribution >= 4 is 33.9 Å². The van der Waals surface area contributed by atoms with Gasteiger partial charge < -0.3 is 10.6 Å². The minimum atomic E-state index is -0.227. The molecular weight excluding hydrogens is 348 g/mol. The van der Waals surface area contributed by atoms with E-state index in [4.69, 9.17) is 0 Å². The summed E-state index contributed by atoms with van der Waals surface area (Å²) in [5.74, 6) is -0.227. The van der Waals surface area contributed by atoms with Crippen LogP contribution in [0, 0.1) is 13.8 Å². The van der Waals surface area contributed by atoms with Gasteiger partial charge in [-0.3, -0.25) is 14.8 Å². The van der Waals surface area contributed by atoms with Crippen molar-refractivity contribution in [3.63, 3.8) is 0 Å².